The van der Waals surface area contributed by atoms with E-state index in [0.717, 1.165) is 18.4 Å². The summed E-state index contributed by atoms with van der Waals surface area (Å²) in [5.74, 6) is -0.838. The predicted octanol–water partition coefficient (Wildman–Crippen LogP) is 2.34. The van der Waals surface area contributed by atoms with Gasteiger partial charge in [-0.2, -0.15) is 0 Å². The van der Waals surface area contributed by atoms with E-state index in [1.165, 1.54) is 12.1 Å². The van der Waals surface area contributed by atoms with E-state index in [2.05, 4.69) is 5.32 Å². The van der Waals surface area contributed by atoms with Crippen LogP contribution in [0.4, 0.5) is 4.39 Å². The van der Waals surface area contributed by atoms with Gasteiger partial charge < -0.3 is 5.11 Å². The Labute approximate surface area is 99.7 Å². The summed E-state index contributed by atoms with van der Waals surface area (Å²) in [6, 6.07) is 5.56. The number of rotatable bonds is 5. The molecule has 2 N–H and O–H groups in total. The number of carboxylic acids is 1. The number of benzene rings is 1. The van der Waals surface area contributed by atoms with Crippen LogP contribution in [0.3, 0.4) is 0 Å². The molecule has 0 aromatic heterocycles. The standard InChI is InChI=1S/C13H16FNO2/c1-8(9-4-6-11(14)7-5-9)15-12(13(16)17)10-2-3-10/h4-8,10,12,15H,2-3H2,1H3,(H,16,17). The number of nitrogens with one attached hydrogen (secondary N) is 1. The minimum absolute atomic E-state index is 0.0858. The molecule has 4 heteroatoms. The largest absolute Gasteiger partial charge is 0.480 e. The minimum Gasteiger partial charge on any atom is -0.480 e. The first-order valence-electron chi connectivity index (χ1n) is 5.82. The maximum Gasteiger partial charge on any atom is 0.320 e. The van der Waals surface area contributed by atoms with Crippen molar-refractivity contribution < 1.29 is 14.3 Å². The zero-order valence-electron chi connectivity index (χ0n) is 9.69. The van der Waals surface area contributed by atoms with Crippen molar-refractivity contribution in [3.63, 3.8) is 0 Å². The van der Waals surface area contributed by atoms with Crippen LogP contribution in [0.25, 0.3) is 0 Å². The van der Waals surface area contributed by atoms with E-state index in [-0.39, 0.29) is 17.8 Å². The molecular formula is C13H16FNO2. The fraction of sp³-hybridized carbons (Fsp3) is 0.462. The maximum atomic E-state index is 12.8. The quantitative estimate of drug-likeness (QED) is 0.826. The molecule has 0 saturated heterocycles. The van der Waals surface area contributed by atoms with Gasteiger partial charge in [0.25, 0.3) is 0 Å². The molecule has 0 amide bonds. The zero-order valence-corrected chi connectivity index (χ0v) is 9.69. The monoisotopic (exact) mass is 237 g/mol. The van der Waals surface area contributed by atoms with E-state index in [9.17, 15) is 9.18 Å². The van der Waals surface area contributed by atoms with Crippen LogP contribution in [0.2, 0.25) is 0 Å². The molecule has 0 radical (unpaired) electrons. The average Bonchev–Trinajstić information content (AvgIpc) is 3.10. The third kappa shape index (κ3) is 3.03. The van der Waals surface area contributed by atoms with Crippen LogP contribution < -0.4 is 5.32 Å². The van der Waals surface area contributed by atoms with Gasteiger partial charge in [-0.15, -0.1) is 0 Å². The summed E-state index contributed by atoms with van der Waals surface area (Å²) in [5.41, 5.74) is 0.901. The Morgan fingerprint density at radius 1 is 1.41 bits per heavy atom. The molecule has 1 aliphatic carbocycles. The molecule has 2 rings (SSSR count). The van der Waals surface area contributed by atoms with Crippen molar-refractivity contribution in [3.05, 3.63) is 35.6 Å². The second-order valence-corrected chi connectivity index (χ2v) is 4.59. The Hall–Kier alpha value is -1.42. The van der Waals surface area contributed by atoms with Gasteiger partial charge in [-0.3, -0.25) is 10.1 Å². The van der Waals surface area contributed by atoms with Gasteiger partial charge in [0.2, 0.25) is 0 Å². The summed E-state index contributed by atoms with van der Waals surface area (Å²) in [7, 11) is 0. The fourth-order valence-electron chi connectivity index (χ4n) is 1.96. The van der Waals surface area contributed by atoms with Crippen LogP contribution in [0.5, 0.6) is 0 Å². The van der Waals surface area contributed by atoms with E-state index in [1.807, 2.05) is 6.92 Å². The highest BCUT2D eigenvalue weighted by Gasteiger charge is 2.36. The van der Waals surface area contributed by atoms with Crippen molar-refractivity contribution in [1.82, 2.24) is 5.32 Å². The molecule has 1 fully saturated rings. The van der Waals surface area contributed by atoms with Crippen molar-refractivity contribution in [3.8, 4) is 0 Å². The maximum absolute atomic E-state index is 12.8. The van der Waals surface area contributed by atoms with Gasteiger partial charge in [0.15, 0.2) is 0 Å². The fourth-order valence-corrected chi connectivity index (χ4v) is 1.96. The van der Waals surface area contributed by atoms with Crippen molar-refractivity contribution in [2.75, 3.05) is 0 Å². The van der Waals surface area contributed by atoms with Gasteiger partial charge in [-0.05, 0) is 43.4 Å². The molecule has 1 aliphatic rings. The van der Waals surface area contributed by atoms with Gasteiger partial charge in [-0.25, -0.2) is 4.39 Å². The van der Waals surface area contributed by atoms with Crippen LogP contribution in [0.1, 0.15) is 31.4 Å². The SMILES string of the molecule is CC(NC(C(=O)O)C1CC1)c1ccc(F)cc1. The summed E-state index contributed by atoms with van der Waals surface area (Å²) < 4.78 is 12.8. The molecule has 2 atom stereocenters. The normalized spacial score (nSPS) is 18.7. The first-order valence-corrected chi connectivity index (χ1v) is 5.82. The molecular weight excluding hydrogens is 221 g/mol. The molecule has 1 saturated carbocycles. The third-order valence-electron chi connectivity index (χ3n) is 3.16. The summed E-state index contributed by atoms with van der Waals surface area (Å²) in [4.78, 5) is 11.1. The topological polar surface area (TPSA) is 49.3 Å². The van der Waals surface area contributed by atoms with Crippen molar-refractivity contribution in [2.24, 2.45) is 5.92 Å². The van der Waals surface area contributed by atoms with E-state index < -0.39 is 12.0 Å². The summed E-state index contributed by atoms with van der Waals surface area (Å²) in [5, 5.41) is 12.2. The lowest BCUT2D eigenvalue weighted by Crippen LogP contribution is -2.40. The molecule has 0 bridgehead atoms. The van der Waals surface area contributed by atoms with Crippen molar-refractivity contribution >= 4 is 5.97 Å². The van der Waals surface area contributed by atoms with Crippen molar-refractivity contribution in [1.29, 1.82) is 0 Å². The van der Waals surface area contributed by atoms with Crippen molar-refractivity contribution in [2.45, 2.75) is 31.8 Å². The molecule has 1 aromatic carbocycles. The van der Waals surface area contributed by atoms with Gasteiger partial charge in [-0.1, -0.05) is 12.1 Å². The van der Waals surface area contributed by atoms with E-state index in [1.54, 1.807) is 12.1 Å². The van der Waals surface area contributed by atoms with Gasteiger partial charge in [0, 0.05) is 6.04 Å². The molecule has 0 aliphatic heterocycles. The van der Waals surface area contributed by atoms with Crippen LogP contribution in [-0.2, 0) is 4.79 Å². The molecule has 0 heterocycles. The Bertz CT molecular complexity index is 400. The highest BCUT2D eigenvalue weighted by molar-refractivity contribution is 5.74. The van der Waals surface area contributed by atoms with Crippen LogP contribution in [0.15, 0.2) is 24.3 Å². The van der Waals surface area contributed by atoms with Crippen LogP contribution in [-0.4, -0.2) is 17.1 Å². The number of hydrogen-bond acceptors (Lipinski definition) is 2. The highest BCUT2D eigenvalue weighted by atomic mass is 19.1. The summed E-state index contributed by atoms with van der Waals surface area (Å²) >= 11 is 0. The van der Waals surface area contributed by atoms with E-state index in [0.29, 0.717) is 0 Å². The lowest BCUT2D eigenvalue weighted by Gasteiger charge is -2.20. The second kappa shape index (κ2) is 4.84. The number of halogens is 1. The Morgan fingerprint density at radius 2 is 2.00 bits per heavy atom. The molecule has 3 nitrogen and oxygen atoms in total. The minimum atomic E-state index is -0.804. The number of aliphatic carboxylic acids is 1. The Balaban J connectivity index is 2.01. The second-order valence-electron chi connectivity index (χ2n) is 4.59. The lowest BCUT2D eigenvalue weighted by atomic mass is 10.1. The van der Waals surface area contributed by atoms with Crippen LogP contribution >= 0.6 is 0 Å². The van der Waals surface area contributed by atoms with Gasteiger partial charge in [0.1, 0.15) is 11.9 Å². The molecule has 17 heavy (non-hydrogen) atoms. The third-order valence-corrected chi connectivity index (χ3v) is 3.16. The molecule has 92 valence electrons. The smallest absolute Gasteiger partial charge is 0.320 e. The van der Waals surface area contributed by atoms with E-state index >= 15 is 0 Å². The summed E-state index contributed by atoms with van der Waals surface area (Å²) in [6.45, 7) is 1.89. The van der Waals surface area contributed by atoms with Gasteiger partial charge >= 0.3 is 5.97 Å². The Kier molecular flexibility index (Phi) is 3.43. The molecule has 0 spiro atoms. The average molecular weight is 237 g/mol. The first kappa shape index (κ1) is 12.0. The number of carbonyl (C=O) groups is 1. The zero-order chi connectivity index (χ0) is 12.4. The summed E-state index contributed by atoms with van der Waals surface area (Å²) in [6.07, 6.45) is 1.94. The highest BCUT2D eigenvalue weighted by Crippen LogP contribution is 2.33. The first-order chi connectivity index (χ1) is 8.08. The Morgan fingerprint density at radius 3 is 2.47 bits per heavy atom. The van der Waals surface area contributed by atoms with E-state index in [4.69, 9.17) is 5.11 Å². The number of hydrogen-bond donors (Lipinski definition) is 2. The predicted molar refractivity (Wildman–Crippen MR) is 62.1 cm³/mol. The van der Waals surface area contributed by atoms with Crippen LogP contribution in [0, 0.1) is 11.7 Å². The molecule has 2 unspecified atom stereocenters. The van der Waals surface area contributed by atoms with Gasteiger partial charge in [0.05, 0.1) is 0 Å². The lowest BCUT2D eigenvalue weighted by molar-refractivity contribution is -0.140. The molecule has 1 aromatic rings. The number of carboxylic acid groups (broad SMARTS) is 1.